The van der Waals surface area contributed by atoms with Crippen molar-refractivity contribution in [1.29, 1.82) is 0 Å². The number of carboxylic acid groups (broad SMARTS) is 1. The smallest absolute Gasteiger partial charge is 0.307 e. The van der Waals surface area contributed by atoms with E-state index in [-0.39, 0.29) is 12.3 Å². The summed E-state index contributed by atoms with van der Waals surface area (Å²) >= 11 is 0. The number of benzene rings is 1. The van der Waals surface area contributed by atoms with Crippen molar-refractivity contribution in [2.24, 2.45) is 0 Å². The minimum atomic E-state index is -0.880. The number of nitrogens with one attached hydrogen (secondary N) is 1. The molecule has 0 aliphatic heterocycles. The van der Waals surface area contributed by atoms with Gasteiger partial charge in [0.1, 0.15) is 0 Å². The third-order valence-corrected chi connectivity index (χ3v) is 3.48. The SMILES string of the molecule is CCn1nc(C)c(C(=O)Nc2ccc(CC(=O)O)cc2)c1C. The molecular formula is C16H19N3O3. The van der Waals surface area contributed by atoms with Crippen LogP contribution in [0.3, 0.4) is 0 Å². The van der Waals surface area contributed by atoms with Crippen LogP contribution in [-0.2, 0) is 17.8 Å². The minimum Gasteiger partial charge on any atom is -0.481 e. The Morgan fingerprint density at radius 3 is 2.36 bits per heavy atom. The lowest BCUT2D eigenvalue weighted by atomic mass is 10.1. The van der Waals surface area contributed by atoms with Crippen molar-refractivity contribution in [1.82, 2.24) is 9.78 Å². The van der Waals surface area contributed by atoms with Crippen LogP contribution in [0.5, 0.6) is 0 Å². The first-order chi connectivity index (χ1) is 10.4. The van der Waals surface area contributed by atoms with Crippen molar-refractivity contribution in [3.8, 4) is 0 Å². The van der Waals surface area contributed by atoms with E-state index in [9.17, 15) is 9.59 Å². The molecule has 22 heavy (non-hydrogen) atoms. The second kappa shape index (κ2) is 6.43. The molecule has 0 radical (unpaired) electrons. The van der Waals surface area contributed by atoms with E-state index in [0.717, 1.165) is 5.69 Å². The lowest BCUT2D eigenvalue weighted by molar-refractivity contribution is -0.136. The van der Waals surface area contributed by atoms with E-state index in [1.165, 1.54) is 0 Å². The Labute approximate surface area is 128 Å². The Kier molecular flexibility index (Phi) is 4.60. The van der Waals surface area contributed by atoms with Crippen LogP contribution in [0.25, 0.3) is 0 Å². The summed E-state index contributed by atoms with van der Waals surface area (Å²) in [4.78, 5) is 23.0. The molecule has 0 saturated heterocycles. The molecule has 1 amide bonds. The fourth-order valence-electron chi connectivity index (χ4n) is 2.41. The van der Waals surface area contributed by atoms with Crippen LogP contribution in [0.1, 0.15) is 34.2 Å². The van der Waals surface area contributed by atoms with Gasteiger partial charge in [-0.15, -0.1) is 0 Å². The summed E-state index contributed by atoms with van der Waals surface area (Å²) in [6.45, 7) is 6.37. The molecule has 2 rings (SSSR count). The highest BCUT2D eigenvalue weighted by atomic mass is 16.4. The molecule has 0 fully saturated rings. The van der Waals surface area contributed by atoms with Crippen LogP contribution in [0.4, 0.5) is 5.69 Å². The van der Waals surface area contributed by atoms with Gasteiger partial charge in [-0.1, -0.05) is 12.1 Å². The molecule has 1 aromatic carbocycles. The van der Waals surface area contributed by atoms with Crippen LogP contribution in [0, 0.1) is 13.8 Å². The molecule has 2 N–H and O–H groups in total. The van der Waals surface area contributed by atoms with Crippen LogP contribution in [0.15, 0.2) is 24.3 Å². The molecule has 6 heteroatoms. The molecule has 0 saturated carbocycles. The van der Waals surface area contributed by atoms with E-state index < -0.39 is 5.97 Å². The Hall–Kier alpha value is -2.63. The predicted octanol–water partition coefficient (Wildman–Crippen LogP) is 2.40. The van der Waals surface area contributed by atoms with Gasteiger partial charge in [-0.2, -0.15) is 5.10 Å². The molecule has 1 heterocycles. The maximum atomic E-state index is 12.4. The maximum absolute atomic E-state index is 12.4. The number of carbonyl (C=O) groups is 2. The standard InChI is InChI=1S/C16H19N3O3/c1-4-19-11(3)15(10(2)18-19)16(22)17-13-7-5-12(6-8-13)9-14(20)21/h5-8H,4,9H2,1-3H3,(H,17,22)(H,20,21). The molecule has 0 bridgehead atoms. The molecule has 0 spiro atoms. The summed E-state index contributed by atoms with van der Waals surface area (Å²) in [5, 5.41) is 15.9. The predicted molar refractivity (Wildman–Crippen MR) is 83.1 cm³/mol. The maximum Gasteiger partial charge on any atom is 0.307 e. The normalized spacial score (nSPS) is 10.5. The van der Waals surface area contributed by atoms with Gasteiger partial charge < -0.3 is 10.4 Å². The van der Waals surface area contributed by atoms with E-state index in [2.05, 4.69) is 10.4 Å². The van der Waals surface area contributed by atoms with Crippen molar-refractivity contribution >= 4 is 17.6 Å². The number of aryl methyl sites for hydroxylation is 2. The van der Waals surface area contributed by atoms with Gasteiger partial charge in [0.15, 0.2) is 0 Å². The number of amides is 1. The van der Waals surface area contributed by atoms with E-state index in [4.69, 9.17) is 5.11 Å². The molecule has 6 nitrogen and oxygen atoms in total. The number of aliphatic carboxylic acids is 1. The average Bonchev–Trinajstić information content (AvgIpc) is 2.75. The highest BCUT2D eigenvalue weighted by molar-refractivity contribution is 6.05. The topological polar surface area (TPSA) is 84.2 Å². The van der Waals surface area contributed by atoms with Crippen LogP contribution < -0.4 is 5.32 Å². The fourth-order valence-corrected chi connectivity index (χ4v) is 2.41. The molecule has 2 aromatic rings. The van der Waals surface area contributed by atoms with Crippen molar-refractivity contribution in [2.45, 2.75) is 33.7 Å². The largest absolute Gasteiger partial charge is 0.481 e. The van der Waals surface area contributed by atoms with Gasteiger partial charge in [-0.05, 0) is 38.5 Å². The van der Waals surface area contributed by atoms with Gasteiger partial charge in [-0.25, -0.2) is 0 Å². The molecule has 0 aliphatic carbocycles. The summed E-state index contributed by atoms with van der Waals surface area (Å²) < 4.78 is 1.79. The number of anilines is 1. The van der Waals surface area contributed by atoms with Gasteiger partial charge in [0.05, 0.1) is 17.7 Å². The summed E-state index contributed by atoms with van der Waals surface area (Å²) in [7, 11) is 0. The molecule has 0 unspecified atom stereocenters. The quantitative estimate of drug-likeness (QED) is 0.888. The summed E-state index contributed by atoms with van der Waals surface area (Å²) in [6, 6.07) is 6.79. The van der Waals surface area contributed by atoms with Gasteiger partial charge >= 0.3 is 5.97 Å². The molecule has 116 valence electrons. The number of aromatic nitrogens is 2. The van der Waals surface area contributed by atoms with Crippen molar-refractivity contribution in [3.63, 3.8) is 0 Å². The second-order valence-electron chi connectivity index (χ2n) is 5.08. The molecule has 1 aromatic heterocycles. The Morgan fingerprint density at radius 2 is 1.86 bits per heavy atom. The Morgan fingerprint density at radius 1 is 1.23 bits per heavy atom. The van der Waals surface area contributed by atoms with Crippen LogP contribution in [-0.4, -0.2) is 26.8 Å². The number of rotatable bonds is 5. The van der Waals surface area contributed by atoms with Gasteiger partial charge in [-0.3, -0.25) is 14.3 Å². The molecule has 0 aliphatic rings. The lowest BCUT2D eigenvalue weighted by Gasteiger charge is -2.07. The zero-order chi connectivity index (χ0) is 16.3. The first-order valence-electron chi connectivity index (χ1n) is 7.08. The lowest BCUT2D eigenvalue weighted by Crippen LogP contribution is -2.14. The van der Waals surface area contributed by atoms with E-state index >= 15 is 0 Å². The van der Waals surface area contributed by atoms with Gasteiger partial charge in [0.2, 0.25) is 0 Å². The minimum absolute atomic E-state index is 0.0320. The number of carboxylic acids is 1. The second-order valence-corrected chi connectivity index (χ2v) is 5.08. The Bertz CT molecular complexity index is 702. The third-order valence-electron chi connectivity index (χ3n) is 3.48. The Balaban J connectivity index is 2.15. The zero-order valence-corrected chi connectivity index (χ0v) is 12.9. The molecular weight excluding hydrogens is 282 g/mol. The van der Waals surface area contributed by atoms with Crippen molar-refractivity contribution in [2.75, 3.05) is 5.32 Å². The summed E-state index contributed by atoms with van der Waals surface area (Å²) in [5.74, 6) is -1.09. The number of nitrogens with zero attached hydrogens (tertiary/aromatic N) is 2. The first-order valence-corrected chi connectivity index (χ1v) is 7.08. The third kappa shape index (κ3) is 3.33. The van der Waals surface area contributed by atoms with E-state index in [0.29, 0.717) is 29.1 Å². The highest BCUT2D eigenvalue weighted by Crippen LogP contribution is 2.16. The van der Waals surface area contributed by atoms with Crippen molar-refractivity contribution in [3.05, 3.63) is 46.8 Å². The van der Waals surface area contributed by atoms with Crippen LogP contribution in [0.2, 0.25) is 0 Å². The fraction of sp³-hybridized carbons (Fsp3) is 0.312. The monoisotopic (exact) mass is 301 g/mol. The number of hydrogen-bond acceptors (Lipinski definition) is 3. The highest BCUT2D eigenvalue weighted by Gasteiger charge is 2.18. The number of carbonyl (C=O) groups excluding carboxylic acids is 1. The summed E-state index contributed by atoms with van der Waals surface area (Å²) in [6.07, 6.45) is -0.0320. The van der Waals surface area contributed by atoms with Gasteiger partial charge in [0.25, 0.3) is 5.91 Å². The van der Waals surface area contributed by atoms with Gasteiger partial charge in [0, 0.05) is 17.9 Å². The average molecular weight is 301 g/mol. The van der Waals surface area contributed by atoms with E-state index in [1.807, 2.05) is 20.8 Å². The molecule has 0 atom stereocenters. The van der Waals surface area contributed by atoms with Crippen molar-refractivity contribution < 1.29 is 14.7 Å². The zero-order valence-electron chi connectivity index (χ0n) is 12.9. The first kappa shape index (κ1) is 15.8. The van der Waals surface area contributed by atoms with Crippen LogP contribution >= 0.6 is 0 Å². The van der Waals surface area contributed by atoms with E-state index in [1.54, 1.807) is 28.9 Å². The summed E-state index contributed by atoms with van der Waals surface area (Å²) in [5.41, 5.74) is 3.43. The number of hydrogen-bond donors (Lipinski definition) is 2.